The van der Waals surface area contributed by atoms with E-state index in [0.717, 1.165) is 6.07 Å². The van der Waals surface area contributed by atoms with Gasteiger partial charge in [0, 0.05) is 22.7 Å². The Morgan fingerprint density at radius 3 is 2.65 bits per heavy atom. The predicted molar refractivity (Wildman–Crippen MR) is 64.3 cm³/mol. The summed E-state index contributed by atoms with van der Waals surface area (Å²) in [7, 11) is 1.17. The van der Waals surface area contributed by atoms with Crippen molar-refractivity contribution in [2.24, 2.45) is 5.73 Å². The van der Waals surface area contributed by atoms with Crippen molar-refractivity contribution in [3.63, 3.8) is 0 Å². The van der Waals surface area contributed by atoms with Crippen LogP contribution in [0.2, 0.25) is 5.02 Å². The maximum Gasteiger partial charge on any atom is 0.327 e. The summed E-state index contributed by atoms with van der Waals surface area (Å²) in [5.41, 5.74) is 5.52. The van der Waals surface area contributed by atoms with Crippen LogP contribution in [0.4, 0.5) is 5.69 Å². The minimum Gasteiger partial charge on any atom is -0.468 e. The topological polar surface area (TPSA) is 95.5 Å². The zero-order chi connectivity index (χ0) is 12.3. The third kappa shape index (κ3) is 3.55. The van der Waals surface area contributed by atoms with Crippen molar-refractivity contribution in [2.45, 2.75) is 6.04 Å². The molecule has 17 heavy (non-hydrogen) atoms. The van der Waals surface area contributed by atoms with Gasteiger partial charge in [-0.3, -0.25) is 14.9 Å². The lowest BCUT2D eigenvalue weighted by Gasteiger charge is -2.10. The molecule has 2 N–H and O–H groups in total. The van der Waals surface area contributed by atoms with Crippen molar-refractivity contribution >= 4 is 35.7 Å². The van der Waals surface area contributed by atoms with Crippen LogP contribution in [0.5, 0.6) is 0 Å². The van der Waals surface area contributed by atoms with Crippen LogP contribution in [-0.2, 0) is 9.53 Å². The molecule has 0 spiro atoms. The van der Waals surface area contributed by atoms with E-state index in [4.69, 9.17) is 17.3 Å². The highest BCUT2D eigenvalue weighted by atomic mass is 35.5. The number of rotatable bonds is 3. The van der Waals surface area contributed by atoms with Gasteiger partial charge in [-0.1, -0.05) is 11.6 Å². The number of nitrogens with zero attached hydrogens (tertiary/aromatic N) is 1. The number of nitro groups is 1. The molecule has 0 heterocycles. The van der Waals surface area contributed by atoms with Gasteiger partial charge in [-0.2, -0.15) is 0 Å². The van der Waals surface area contributed by atoms with Crippen LogP contribution in [0.25, 0.3) is 0 Å². The molecule has 0 fully saturated rings. The molecule has 0 bridgehead atoms. The van der Waals surface area contributed by atoms with Crippen LogP contribution >= 0.6 is 24.0 Å². The maximum absolute atomic E-state index is 11.2. The van der Waals surface area contributed by atoms with Gasteiger partial charge in [-0.15, -0.1) is 12.4 Å². The fourth-order valence-corrected chi connectivity index (χ4v) is 1.37. The van der Waals surface area contributed by atoms with Gasteiger partial charge in [0.15, 0.2) is 0 Å². The van der Waals surface area contributed by atoms with E-state index in [9.17, 15) is 14.9 Å². The molecule has 1 atom stereocenters. The second-order valence-electron chi connectivity index (χ2n) is 2.96. The van der Waals surface area contributed by atoms with Crippen molar-refractivity contribution in [3.05, 3.63) is 38.9 Å². The minimum absolute atomic E-state index is 0. The summed E-state index contributed by atoms with van der Waals surface area (Å²) >= 11 is 5.79. The first-order valence-electron chi connectivity index (χ1n) is 4.24. The molecule has 0 aliphatic carbocycles. The van der Waals surface area contributed by atoms with Gasteiger partial charge < -0.3 is 10.5 Å². The fraction of sp³-hybridized carbons (Fsp3) is 0.222. The van der Waals surface area contributed by atoms with E-state index in [1.165, 1.54) is 19.2 Å². The Morgan fingerprint density at radius 1 is 1.59 bits per heavy atom. The third-order valence-electron chi connectivity index (χ3n) is 1.98. The number of methoxy groups -OCH3 is 1. The van der Waals surface area contributed by atoms with Gasteiger partial charge in [-0.05, 0) is 6.07 Å². The predicted octanol–water partition coefficient (Wildman–Crippen LogP) is 1.84. The highest BCUT2D eigenvalue weighted by Gasteiger charge is 2.21. The van der Waals surface area contributed by atoms with E-state index in [-0.39, 0.29) is 28.7 Å². The Balaban J connectivity index is 0.00000256. The standard InChI is InChI=1S/C9H9ClN2O4.ClH/c1-16-9(13)8(11)6-4-5(12(14)15)2-3-7(6)10;/h2-4,8H,11H2,1H3;1H/t8-;/m0./s1. The first-order chi connectivity index (χ1) is 7.47. The monoisotopic (exact) mass is 280 g/mol. The molecule has 8 heteroatoms. The highest BCUT2D eigenvalue weighted by molar-refractivity contribution is 6.31. The first kappa shape index (κ1) is 15.6. The first-order valence-corrected chi connectivity index (χ1v) is 4.62. The summed E-state index contributed by atoms with van der Waals surface area (Å²) in [6, 6.07) is 2.58. The number of hydrogen-bond acceptors (Lipinski definition) is 5. The Hall–Kier alpha value is -1.37. The lowest BCUT2D eigenvalue weighted by Crippen LogP contribution is -2.23. The van der Waals surface area contributed by atoms with E-state index >= 15 is 0 Å². The van der Waals surface area contributed by atoms with Crippen LogP contribution in [-0.4, -0.2) is 18.0 Å². The Bertz CT molecular complexity index is 439. The summed E-state index contributed by atoms with van der Waals surface area (Å²) in [5.74, 6) is -0.706. The molecule has 6 nitrogen and oxygen atoms in total. The molecule has 0 amide bonds. The van der Waals surface area contributed by atoms with E-state index < -0.39 is 16.9 Å². The lowest BCUT2D eigenvalue weighted by molar-refractivity contribution is -0.384. The van der Waals surface area contributed by atoms with Crippen LogP contribution < -0.4 is 5.73 Å². The number of halogens is 2. The molecule has 0 aliphatic heterocycles. The van der Waals surface area contributed by atoms with Crippen molar-refractivity contribution < 1.29 is 14.5 Å². The number of benzene rings is 1. The molecule has 1 aromatic rings. The fourth-order valence-electron chi connectivity index (χ4n) is 1.14. The minimum atomic E-state index is -1.13. The lowest BCUT2D eigenvalue weighted by atomic mass is 10.1. The van der Waals surface area contributed by atoms with Crippen LogP contribution in [0.15, 0.2) is 18.2 Å². The van der Waals surface area contributed by atoms with E-state index in [1.54, 1.807) is 0 Å². The summed E-state index contributed by atoms with van der Waals surface area (Å²) in [5, 5.41) is 10.7. The van der Waals surface area contributed by atoms with Gasteiger partial charge in [0.1, 0.15) is 6.04 Å². The average molecular weight is 281 g/mol. The smallest absolute Gasteiger partial charge is 0.327 e. The second kappa shape index (κ2) is 6.39. The van der Waals surface area contributed by atoms with Gasteiger partial charge in [0.25, 0.3) is 5.69 Å². The molecule has 0 aliphatic rings. The molecule has 0 saturated heterocycles. The van der Waals surface area contributed by atoms with Crippen molar-refractivity contribution in [1.29, 1.82) is 0 Å². The maximum atomic E-state index is 11.2. The number of esters is 1. The van der Waals surface area contributed by atoms with Crippen LogP contribution in [0.3, 0.4) is 0 Å². The van der Waals surface area contributed by atoms with Gasteiger partial charge in [0.05, 0.1) is 12.0 Å². The molecule has 1 aromatic carbocycles. The average Bonchev–Trinajstić information content (AvgIpc) is 2.27. The largest absolute Gasteiger partial charge is 0.468 e. The van der Waals surface area contributed by atoms with E-state index in [1.807, 2.05) is 0 Å². The second-order valence-corrected chi connectivity index (χ2v) is 3.37. The number of nitro benzene ring substituents is 1. The Kier molecular flexibility index (Phi) is 5.87. The number of hydrogen-bond donors (Lipinski definition) is 1. The normalized spacial score (nSPS) is 11.2. The highest BCUT2D eigenvalue weighted by Crippen LogP contribution is 2.26. The zero-order valence-corrected chi connectivity index (χ0v) is 10.3. The molecule has 0 saturated carbocycles. The molecule has 1 rings (SSSR count). The molecule has 0 radical (unpaired) electrons. The SMILES string of the molecule is COC(=O)[C@@H](N)c1cc([N+](=O)[O-])ccc1Cl.Cl. The Morgan fingerprint density at radius 2 is 2.18 bits per heavy atom. The van der Waals surface area contributed by atoms with Gasteiger partial charge in [-0.25, -0.2) is 0 Å². The zero-order valence-electron chi connectivity index (χ0n) is 8.75. The number of nitrogens with two attached hydrogens (primary N) is 1. The molecule has 94 valence electrons. The molecule has 0 unspecified atom stereocenters. The summed E-state index contributed by atoms with van der Waals surface area (Å²) in [4.78, 5) is 21.1. The number of ether oxygens (including phenoxy) is 1. The number of carbonyl (C=O) groups is 1. The van der Waals surface area contributed by atoms with Crippen molar-refractivity contribution in [3.8, 4) is 0 Å². The van der Waals surface area contributed by atoms with E-state index in [0.29, 0.717) is 0 Å². The summed E-state index contributed by atoms with van der Waals surface area (Å²) < 4.78 is 4.43. The van der Waals surface area contributed by atoms with Gasteiger partial charge in [0.2, 0.25) is 0 Å². The summed E-state index contributed by atoms with van der Waals surface area (Å²) in [6.45, 7) is 0. The third-order valence-corrected chi connectivity index (χ3v) is 2.32. The molecule has 0 aromatic heterocycles. The Labute approximate surface area is 108 Å². The number of non-ortho nitro benzene ring substituents is 1. The van der Waals surface area contributed by atoms with Gasteiger partial charge >= 0.3 is 5.97 Å². The van der Waals surface area contributed by atoms with Crippen molar-refractivity contribution in [1.82, 2.24) is 0 Å². The van der Waals surface area contributed by atoms with Crippen LogP contribution in [0.1, 0.15) is 11.6 Å². The molecular weight excluding hydrogens is 271 g/mol. The quantitative estimate of drug-likeness (QED) is 0.518. The number of carbonyl (C=O) groups excluding carboxylic acids is 1. The summed E-state index contributed by atoms with van der Waals surface area (Å²) in [6.07, 6.45) is 0. The van der Waals surface area contributed by atoms with Crippen molar-refractivity contribution in [2.75, 3.05) is 7.11 Å². The van der Waals surface area contributed by atoms with E-state index in [2.05, 4.69) is 4.74 Å². The molecular formula is C9H10Cl2N2O4. The van der Waals surface area contributed by atoms with Crippen LogP contribution in [0, 0.1) is 10.1 Å².